The van der Waals surface area contributed by atoms with Crippen molar-refractivity contribution in [3.05, 3.63) is 46.7 Å². The molecule has 0 bridgehead atoms. The molecule has 0 N–H and O–H groups in total. The van der Waals surface area contributed by atoms with E-state index >= 15 is 0 Å². The van der Waals surface area contributed by atoms with Gasteiger partial charge in [-0.2, -0.15) is 0 Å². The summed E-state index contributed by atoms with van der Waals surface area (Å²) in [5, 5.41) is 0.845. The molecule has 15 heavy (non-hydrogen) atoms. The standard InChI is InChI=1S/C11H8Br2N2/c12-5-8-2-1-3-9(4-8)11-14-6-10(13)7-15-11/h1-4,6-7H,5H2. The zero-order valence-corrected chi connectivity index (χ0v) is 11.0. The van der Waals surface area contributed by atoms with E-state index in [9.17, 15) is 0 Å². The molecule has 0 aliphatic rings. The summed E-state index contributed by atoms with van der Waals surface area (Å²) in [6.45, 7) is 0. The molecule has 2 aromatic rings. The van der Waals surface area contributed by atoms with E-state index in [1.807, 2.05) is 12.1 Å². The summed E-state index contributed by atoms with van der Waals surface area (Å²) in [6.07, 6.45) is 3.51. The lowest BCUT2D eigenvalue weighted by Crippen LogP contribution is -1.88. The second-order valence-corrected chi connectivity index (χ2v) is 4.54. The Labute approximate surface area is 105 Å². The monoisotopic (exact) mass is 326 g/mol. The molecule has 1 aromatic carbocycles. The third kappa shape index (κ3) is 2.63. The topological polar surface area (TPSA) is 25.8 Å². The molecule has 1 aromatic heterocycles. The zero-order chi connectivity index (χ0) is 10.7. The van der Waals surface area contributed by atoms with Crippen LogP contribution in [-0.2, 0) is 5.33 Å². The lowest BCUT2D eigenvalue weighted by Gasteiger charge is -2.01. The minimum Gasteiger partial charge on any atom is -0.235 e. The second kappa shape index (κ2) is 4.86. The molecule has 0 radical (unpaired) electrons. The molecular weight excluding hydrogens is 320 g/mol. The van der Waals surface area contributed by atoms with Crippen LogP contribution in [0.5, 0.6) is 0 Å². The Bertz CT molecular complexity index is 454. The summed E-state index contributed by atoms with van der Waals surface area (Å²) < 4.78 is 0.892. The number of aromatic nitrogens is 2. The number of hydrogen-bond acceptors (Lipinski definition) is 2. The summed E-state index contributed by atoms with van der Waals surface area (Å²) in [5.41, 5.74) is 2.26. The minimum absolute atomic E-state index is 0.751. The molecule has 0 aliphatic carbocycles. The first kappa shape index (κ1) is 10.8. The van der Waals surface area contributed by atoms with Gasteiger partial charge in [-0.1, -0.05) is 34.1 Å². The Hall–Kier alpha value is -0.740. The zero-order valence-electron chi connectivity index (χ0n) is 7.82. The highest BCUT2D eigenvalue weighted by atomic mass is 79.9. The maximum absolute atomic E-state index is 4.25. The van der Waals surface area contributed by atoms with Crippen LogP contribution in [0.3, 0.4) is 0 Å². The fourth-order valence-electron chi connectivity index (χ4n) is 1.25. The normalized spacial score (nSPS) is 10.3. The summed E-state index contributed by atoms with van der Waals surface area (Å²) >= 11 is 6.74. The summed E-state index contributed by atoms with van der Waals surface area (Å²) in [5.74, 6) is 0.751. The van der Waals surface area contributed by atoms with E-state index in [1.165, 1.54) is 5.56 Å². The molecule has 0 aliphatic heterocycles. The highest BCUT2D eigenvalue weighted by Gasteiger charge is 2.01. The van der Waals surface area contributed by atoms with Crippen molar-refractivity contribution in [2.24, 2.45) is 0 Å². The Kier molecular flexibility index (Phi) is 3.49. The maximum Gasteiger partial charge on any atom is 0.159 e. The highest BCUT2D eigenvalue weighted by Crippen LogP contribution is 2.18. The average Bonchev–Trinajstić information content (AvgIpc) is 2.30. The molecule has 2 nitrogen and oxygen atoms in total. The van der Waals surface area contributed by atoms with E-state index in [0.717, 1.165) is 21.2 Å². The van der Waals surface area contributed by atoms with E-state index in [1.54, 1.807) is 12.4 Å². The minimum atomic E-state index is 0.751. The molecule has 0 atom stereocenters. The van der Waals surface area contributed by atoms with E-state index in [4.69, 9.17) is 0 Å². The van der Waals surface area contributed by atoms with Crippen LogP contribution < -0.4 is 0 Å². The SMILES string of the molecule is BrCc1cccc(-c2ncc(Br)cn2)c1. The van der Waals surface area contributed by atoms with Crippen molar-refractivity contribution in [3.8, 4) is 11.4 Å². The maximum atomic E-state index is 4.25. The molecule has 76 valence electrons. The van der Waals surface area contributed by atoms with E-state index in [2.05, 4.69) is 54.0 Å². The molecule has 1 heterocycles. The molecule has 2 rings (SSSR count). The molecular formula is C11H8Br2N2. The van der Waals surface area contributed by atoms with Gasteiger partial charge in [0.15, 0.2) is 5.82 Å². The smallest absolute Gasteiger partial charge is 0.159 e. The summed E-state index contributed by atoms with van der Waals surface area (Å²) in [6, 6.07) is 8.17. The van der Waals surface area contributed by atoms with E-state index in [-0.39, 0.29) is 0 Å². The lowest BCUT2D eigenvalue weighted by atomic mass is 10.1. The highest BCUT2D eigenvalue weighted by molar-refractivity contribution is 9.10. The quantitative estimate of drug-likeness (QED) is 0.784. The molecule has 4 heteroatoms. The van der Waals surface area contributed by atoms with Gasteiger partial charge in [0.25, 0.3) is 0 Å². The Morgan fingerprint density at radius 1 is 1.13 bits per heavy atom. The van der Waals surface area contributed by atoms with Gasteiger partial charge < -0.3 is 0 Å². The van der Waals surface area contributed by atoms with Crippen molar-refractivity contribution in [2.75, 3.05) is 0 Å². The van der Waals surface area contributed by atoms with Crippen molar-refractivity contribution in [2.45, 2.75) is 5.33 Å². The fourth-order valence-corrected chi connectivity index (χ4v) is 1.81. The first-order chi connectivity index (χ1) is 7.29. The Balaban J connectivity index is 2.40. The van der Waals surface area contributed by atoms with Gasteiger partial charge in [0.1, 0.15) is 0 Å². The van der Waals surface area contributed by atoms with E-state index < -0.39 is 0 Å². The molecule has 0 fully saturated rings. The molecule has 0 amide bonds. The first-order valence-electron chi connectivity index (χ1n) is 4.42. The molecule has 0 saturated carbocycles. The number of rotatable bonds is 2. The average molecular weight is 328 g/mol. The third-order valence-electron chi connectivity index (χ3n) is 1.96. The van der Waals surface area contributed by atoms with Gasteiger partial charge in [0.05, 0.1) is 4.47 Å². The number of nitrogens with zero attached hydrogens (tertiary/aromatic N) is 2. The van der Waals surface area contributed by atoms with Crippen molar-refractivity contribution >= 4 is 31.9 Å². The van der Waals surface area contributed by atoms with Crippen LogP contribution in [0.15, 0.2) is 41.1 Å². The van der Waals surface area contributed by atoms with E-state index in [0.29, 0.717) is 0 Å². The largest absolute Gasteiger partial charge is 0.235 e. The van der Waals surface area contributed by atoms with Crippen molar-refractivity contribution in [3.63, 3.8) is 0 Å². The van der Waals surface area contributed by atoms with Crippen LogP contribution in [0.2, 0.25) is 0 Å². The van der Waals surface area contributed by atoms with Gasteiger partial charge >= 0.3 is 0 Å². The lowest BCUT2D eigenvalue weighted by molar-refractivity contribution is 1.16. The van der Waals surface area contributed by atoms with Crippen molar-refractivity contribution in [1.82, 2.24) is 9.97 Å². The summed E-state index contributed by atoms with van der Waals surface area (Å²) in [7, 11) is 0. The van der Waals surface area contributed by atoms with Gasteiger partial charge in [-0.3, -0.25) is 0 Å². The number of alkyl halides is 1. The van der Waals surface area contributed by atoms with Gasteiger partial charge in [-0.15, -0.1) is 0 Å². The fraction of sp³-hybridized carbons (Fsp3) is 0.0909. The van der Waals surface area contributed by atoms with Crippen LogP contribution in [0.4, 0.5) is 0 Å². The number of halogens is 2. The van der Waals surface area contributed by atoms with Crippen molar-refractivity contribution in [1.29, 1.82) is 0 Å². The molecule has 0 saturated heterocycles. The van der Waals surface area contributed by atoms with Crippen LogP contribution in [-0.4, -0.2) is 9.97 Å². The van der Waals surface area contributed by atoms with Gasteiger partial charge in [0.2, 0.25) is 0 Å². The van der Waals surface area contributed by atoms with Crippen molar-refractivity contribution < 1.29 is 0 Å². The second-order valence-electron chi connectivity index (χ2n) is 3.06. The number of benzene rings is 1. The van der Waals surface area contributed by atoms with Gasteiger partial charge in [-0.25, -0.2) is 9.97 Å². The predicted octanol–water partition coefficient (Wildman–Crippen LogP) is 3.80. The van der Waals surface area contributed by atoms with Crippen LogP contribution in [0.25, 0.3) is 11.4 Å². The molecule has 0 spiro atoms. The Morgan fingerprint density at radius 2 is 1.87 bits per heavy atom. The first-order valence-corrected chi connectivity index (χ1v) is 6.34. The van der Waals surface area contributed by atoms with Gasteiger partial charge in [0, 0.05) is 23.3 Å². The predicted molar refractivity (Wildman–Crippen MR) is 67.8 cm³/mol. The summed E-state index contributed by atoms with van der Waals surface area (Å²) in [4.78, 5) is 8.50. The van der Waals surface area contributed by atoms with Crippen LogP contribution in [0, 0.1) is 0 Å². The number of hydrogen-bond donors (Lipinski definition) is 0. The Morgan fingerprint density at radius 3 is 2.53 bits per heavy atom. The van der Waals surface area contributed by atoms with Crippen LogP contribution >= 0.6 is 31.9 Å². The third-order valence-corrected chi connectivity index (χ3v) is 3.02. The van der Waals surface area contributed by atoms with Gasteiger partial charge in [-0.05, 0) is 27.6 Å². The van der Waals surface area contributed by atoms with Crippen LogP contribution in [0.1, 0.15) is 5.56 Å². The molecule has 0 unspecified atom stereocenters.